The summed E-state index contributed by atoms with van der Waals surface area (Å²) in [6.45, 7) is 7.58. The molecule has 0 saturated carbocycles. The second-order valence-electron chi connectivity index (χ2n) is 5.97. The SMILES string of the molecule is CCCNC(=O)c1cccc(OCc2ccc(C(C)C)cc2)c1. The maximum atomic E-state index is 12.0. The molecule has 0 saturated heterocycles. The fourth-order valence-corrected chi connectivity index (χ4v) is 2.23. The predicted octanol–water partition coefficient (Wildman–Crippen LogP) is 4.53. The highest BCUT2D eigenvalue weighted by atomic mass is 16.5. The molecule has 3 heteroatoms. The first-order valence-corrected chi connectivity index (χ1v) is 8.20. The normalized spacial score (nSPS) is 10.6. The van der Waals surface area contributed by atoms with E-state index in [1.165, 1.54) is 5.56 Å². The monoisotopic (exact) mass is 311 g/mol. The Bertz CT molecular complexity index is 632. The molecule has 2 aromatic carbocycles. The number of hydrogen-bond donors (Lipinski definition) is 1. The molecule has 0 heterocycles. The van der Waals surface area contributed by atoms with Gasteiger partial charge in [-0.2, -0.15) is 0 Å². The Balaban J connectivity index is 1.96. The zero-order chi connectivity index (χ0) is 16.7. The molecule has 0 atom stereocenters. The van der Waals surface area contributed by atoms with Gasteiger partial charge in [-0.15, -0.1) is 0 Å². The van der Waals surface area contributed by atoms with Gasteiger partial charge in [-0.05, 0) is 41.7 Å². The summed E-state index contributed by atoms with van der Waals surface area (Å²) in [6, 6.07) is 15.8. The lowest BCUT2D eigenvalue weighted by Gasteiger charge is -2.10. The molecule has 0 unspecified atom stereocenters. The first kappa shape index (κ1) is 17.1. The van der Waals surface area contributed by atoms with E-state index in [0.717, 1.165) is 12.0 Å². The van der Waals surface area contributed by atoms with Gasteiger partial charge in [0.15, 0.2) is 0 Å². The summed E-state index contributed by atoms with van der Waals surface area (Å²) in [5, 5.41) is 2.87. The van der Waals surface area contributed by atoms with Gasteiger partial charge in [0.05, 0.1) is 0 Å². The van der Waals surface area contributed by atoms with Crippen molar-refractivity contribution >= 4 is 5.91 Å². The molecule has 0 aliphatic rings. The van der Waals surface area contributed by atoms with Crippen LogP contribution < -0.4 is 10.1 Å². The summed E-state index contributed by atoms with van der Waals surface area (Å²) in [5.41, 5.74) is 3.07. The van der Waals surface area contributed by atoms with Crippen LogP contribution in [0.3, 0.4) is 0 Å². The second kappa shape index (κ2) is 8.37. The van der Waals surface area contributed by atoms with Crippen LogP contribution in [0.1, 0.15) is 54.6 Å². The molecule has 0 aliphatic heterocycles. The second-order valence-corrected chi connectivity index (χ2v) is 5.97. The van der Waals surface area contributed by atoms with Crippen LogP contribution in [0.4, 0.5) is 0 Å². The molecular formula is C20H25NO2. The Morgan fingerprint density at radius 2 is 1.87 bits per heavy atom. The summed E-state index contributed by atoms with van der Waals surface area (Å²) < 4.78 is 5.81. The number of hydrogen-bond acceptors (Lipinski definition) is 2. The van der Waals surface area contributed by atoms with Gasteiger partial charge in [0.2, 0.25) is 0 Å². The van der Waals surface area contributed by atoms with Gasteiger partial charge in [0.25, 0.3) is 5.91 Å². The van der Waals surface area contributed by atoms with Gasteiger partial charge < -0.3 is 10.1 Å². The molecule has 122 valence electrons. The summed E-state index contributed by atoms with van der Waals surface area (Å²) in [5.74, 6) is 1.18. The molecule has 0 aliphatic carbocycles. The smallest absolute Gasteiger partial charge is 0.251 e. The van der Waals surface area contributed by atoms with E-state index in [9.17, 15) is 4.79 Å². The molecule has 0 aromatic heterocycles. The van der Waals surface area contributed by atoms with Crippen LogP contribution in [-0.4, -0.2) is 12.5 Å². The third-order valence-corrected chi connectivity index (χ3v) is 3.68. The zero-order valence-electron chi connectivity index (χ0n) is 14.1. The fraction of sp³-hybridized carbons (Fsp3) is 0.350. The summed E-state index contributed by atoms with van der Waals surface area (Å²) >= 11 is 0. The molecule has 0 bridgehead atoms. The predicted molar refractivity (Wildman–Crippen MR) is 93.9 cm³/mol. The minimum absolute atomic E-state index is 0.0569. The van der Waals surface area contributed by atoms with Crippen molar-refractivity contribution in [3.63, 3.8) is 0 Å². The quantitative estimate of drug-likeness (QED) is 0.816. The van der Waals surface area contributed by atoms with Gasteiger partial charge in [0, 0.05) is 12.1 Å². The van der Waals surface area contributed by atoms with Crippen molar-refractivity contribution in [1.82, 2.24) is 5.32 Å². The van der Waals surface area contributed by atoms with Crippen LogP contribution in [0.25, 0.3) is 0 Å². The standard InChI is InChI=1S/C20H25NO2/c1-4-12-21-20(22)18-6-5-7-19(13-18)23-14-16-8-10-17(11-9-16)15(2)3/h5-11,13,15H,4,12,14H2,1-3H3,(H,21,22). The van der Waals surface area contributed by atoms with Gasteiger partial charge in [-0.1, -0.05) is 51.1 Å². The zero-order valence-corrected chi connectivity index (χ0v) is 14.1. The number of ether oxygens (including phenoxy) is 1. The molecule has 0 fully saturated rings. The highest BCUT2D eigenvalue weighted by molar-refractivity contribution is 5.94. The van der Waals surface area contributed by atoms with E-state index >= 15 is 0 Å². The summed E-state index contributed by atoms with van der Waals surface area (Å²) in [4.78, 5) is 12.0. The first-order chi connectivity index (χ1) is 11.1. The minimum atomic E-state index is -0.0569. The van der Waals surface area contributed by atoms with Crippen LogP contribution in [-0.2, 0) is 6.61 Å². The number of carbonyl (C=O) groups excluding carboxylic acids is 1. The lowest BCUT2D eigenvalue weighted by atomic mass is 10.0. The number of benzene rings is 2. The van der Waals surface area contributed by atoms with Gasteiger partial charge in [-0.3, -0.25) is 4.79 Å². The molecule has 2 rings (SSSR count). The number of amides is 1. The van der Waals surface area contributed by atoms with Gasteiger partial charge in [-0.25, -0.2) is 0 Å². The maximum Gasteiger partial charge on any atom is 0.251 e. The molecule has 23 heavy (non-hydrogen) atoms. The van der Waals surface area contributed by atoms with E-state index in [-0.39, 0.29) is 5.91 Å². The summed E-state index contributed by atoms with van der Waals surface area (Å²) in [7, 11) is 0. The van der Waals surface area contributed by atoms with E-state index in [0.29, 0.717) is 30.4 Å². The molecule has 3 nitrogen and oxygen atoms in total. The molecule has 0 spiro atoms. The van der Waals surface area contributed by atoms with Crippen molar-refractivity contribution in [1.29, 1.82) is 0 Å². The number of nitrogens with one attached hydrogen (secondary N) is 1. The Labute approximate surface area is 138 Å². The largest absolute Gasteiger partial charge is 0.489 e. The Morgan fingerprint density at radius 3 is 2.52 bits per heavy atom. The molecule has 1 N–H and O–H groups in total. The topological polar surface area (TPSA) is 38.3 Å². The van der Waals surface area contributed by atoms with Crippen LogP contribution in [0.15, 0.2) is 48.5 Å². The molecular weight excluding hydrogens is 286 g/mol. The Hall–Kier alpha value is -2.29. The third-order valence-electron chi connectivity index (χ3n) is 3.68. The molecule has 1 amide bonds. The Kier molecular flexibility index (Phi) is 6.21. The van der Waals surface area contributed by atoms with Crippen molar-refractivity contribution in [2.24, 2.45) is 0 Å². The van der Waals surface area contributed by atoms with Gasteiger partial charge in [0.1, 0.15) is 12.4 Å². The maximum absolute atomic E-state index is 12.0. The fourth-order valence-electron chi connectivity index (χ4n) is 2.23. The van der Waals surface area contributed by atoms with Crippen molar-refractivity contribution in [3.05, 3.63) is 65.2 Å². The lowest BCUT2D eigenvalue weighted by Crippen LogP contribution is -2.23. The molecule has 0 radical (unpaired) electrons. The van der Waals surface area contributed by atoms with Crippen molar-refractivity contribution < 1.29 is 9.53 Å². The Morgan fingerprint density at radius 1 is 1.13 bits per heavy atom. The molecule has 2 aromatic rings. The number of carbonyl (C=O) groups is 1. The average molecular weight is 311 g/mol. The van der Waals surface area contributed by atoms with Crippen molar-refractivity contribution in [2.45, 2.75) is 39.7 Å². The van der Waals surface area contributed by atoms with Gasteiger partial charge >= 0.3 is 0 Å². The highest BCUT2D eigenvalue weighted by Gasteiger charge is 2.06. The van der Waals surface area contributed by atoms with E-state index in [1.807, 2.05) is 19.1 Å². The highest BCUT2D eigenvalue weighted by Crippen LogP contribution is 2.18. The van der Waals surface area contributed by atoms with E-state index in [4.69, 9.17) is 4.74 Å². The lowest BCUT2D eigenvalue weighted by molar-refractivity contribution is 0.0953. The van der Waals surface area contributed by atoms with Crippen LogP contribution in [0.5, 0.6) is 5.75 Å². The minimum Gasteiger partial charge on any atom is -0.489 e. The summed E-state index contributed by atoms with van der Waals surface area (Å²) in [6.07, 6.45) is 0.925. The average Bonchev–Trinajstić information content (AvgIpc) is 2.58. The van der Waals surface area contributed by atoms with Crippen LogP contribution in [0, 0.1) is 0 Å². The third kappa shape index (κ3) is 5.13. The van der Waals surface area contributed by atoms with E-state index in [1.54, 1.807) is 12.1 Å². The number of rotatable bonds is 7. The first-order valence-electron chi connectivity index (χ1n) is 8.20. The van der Waals surface area contributed by atoms with Crippen LogP contribution >= 0.6 is 0 Å². The van der Waals surface area contributed by atoms with Crippen molar-refractivity contribution in [3.8, 4) is 5.75 Å². The van der Waals surface area contributed by atoms with Crippen LogP contribution in [0.2, 0.25) is 0 Å². The van der Waals surface area contributed by atoms with Crippen molar-refractivity contribution in [2.75, 3.05) is 6.54 Å². The van der Waals surface area contributed by atoms with E-state index < -0.39 is 0 Å². The van der Waals surface area contributed by atoms with E-state index in [2.05, 4.69) is 43.4 Å².